The SMILES string of the molecule is c1ccc2sc(CN3CCN(Cc4nnc(-c5cc6c(s5)CCCC6)o4)CC3)nc2c1. The monoisotopic (exact) mass is 451 g/mol. The zero-order valence-electron chi connectivity index (χ0n) is 17.4. The van der Waals surface area contributed by atoms with Crippen LogP contribution in [0.1, 0.15) is 34.2 Å². The van der Waals surface area contributed by atoms with E-state index < -0.39 is 0 Å². The highest BCUT2D eigenvalue weighted by molar-refractivity contribution is 7.18. The van der Waals surface area contributed by atoms with E-state index in [4.69, 9.17) is 9.40 Å². The number of hydrogen-bond donors (Lipinski definition) is 0. The molecule has 8 heteroatoms. The van der Waals surface area contributed by atoms with Gasteiger partial charge in [0.2, 0.25) is 5.89 Å². The third-order valence-corrected chi connectivity index (χ3v) is 8.44. The number of thiazole rings is 1. The standard InChI is InChI=1S/C23H25N5OS2/c1-3-7-18-16(5-1)13-20(30-18)23-26-25-21(29-23)14-27-9-11-28(12-10-27)15-22-24-17-6-2-4-8-19(17)31-22/h2,4,6,8,13H,1,3,5,7,9-12,14-15H2. The minimum Gasteiger partial charge on any atom is -0.419 e. The van der Waals surface area contributed by atoms with Gasteiger partial charge in [0.05, 0.1) is 28.2 Å². The molecular weight excluding hydrogens is 426 g/mol. The minimum atomic E-state index is 0.684. The van der Waals surface area contributed by atoms with Gasteiger partial charge in [-0.15, -0.1) is 32.9 Å². The molecule has 1 aliphatic carbocycles. The van der Waals surface area contributed by atoms with Gasteiger partial charge in [-0.1, -0.05) is 12.1 Å². The molecule has 0 atom stereocenters. The van der Waals surface area contributed by atoms with Crippen molar-refractivity contribution < 1.29 is 4.42 Å². The van der Waals surface area contributed by atoms with Crippen molar-refractivity contribution >= 4 is 32.9 Å². The van der Waals surface area contributed by atoms with Gasteiger partial charge in [-0.05, 0) is 49.4 Å². The molecule has 1 fully saturated rings. The van der Waals surface area contributed by atoms with E-state index in [1.807, 2.05) is 11.3 Å². The first-order valence-electron chi connectivity index (χ1n) is 11.0. The number of para-hydroxylation sites is 1. The fourth-order valence-electron chi connectivity index (χ4n) is 4.49. The summed E-state index contributed by atoms with van der Waals surface area (Å²) in [6.07, 6.45) is 4.98. The van der Waals surface area contributed by atoms with E-state index in [0.717, 1.165) is 55.6 Å². The highest BCUT2D eigenvalue weighted by atomic mass is 32.1. The van der Waals surface area contributed by atoms with Crippen LogP contribution in [0.15, 0.2) is 34.7 Å². The Balaban J connectivity index is 1.04. The van der Waals surface area contributed by atoms with Gasteiger partial charge >= 0.3 is 0 Å². The molecule has 0 unspecified atom stereocenters. The summed E-state index contributed by atoms with van der Waals surface area (Å²) < 4.78 is 7.30. The van der Waals surface area contributed by atoms with Crippen molar-refractivity contribution in [2.75, 3.05) is 26.2 Å². The van der Waals surface area contributed by atoms with E-state index in [2.05, 4.69) is 50.3 Å². The number of hydrogen-bond acceptors (Lipinski definition) is 8. The third-order valence-electron chi connectivity index (χ3n) is 6.20. The molecule has 31 heavy (non-hydrogen) atoms. The number of fused-ring (bicyclic) bond motifs is 2. The summed E-state index contributed by atoms with van der Waals surface area (Å²) in [7, 11) is 0. The molecule has 0 saturated carbocycles. The second-order valence-corrected chi connectivity index (χ2v) is 10.6. The number of nitrogens with zero attached hydrogens (tertiary/aromatic N) is 5. The van der Waals surface area contributed by atoms with Crippen LogP contribution >= 0.6 is 22.7 Å². The van der Waals surface area contributed by atoms with Gasteiger partial charge in [-0.3, -0.25) is 9.80 Å². The second-order valence-electron chi connectivity index (χ2n) is 8.39. The maximum atomic E-state index is 6.03. The number of aryl methyl sites for hydroxylation is 2. The van der Waals surface area contributed by atoms with E-state index in [-0.39, 0.29) is 0 Å². The van der Waals surface area contributed by atoms with Crippen LogP contribution in [0.2, 0.25) is 0 Å². The first kappa shape index (κ1) is 19.5. The van der Waals surface area contributed by atoms with Gasteiger partial charge in [0.25, 0.3) is 5.89 Å². The van der Waals surface area contributed by atoms with Crippen molar-refractivity contribution in [3.05, 3.63) is 51.7 Å². The molecule has 4 aromatic rings. The molecule has 0 N–H and O–H groups in total. The van der Waals surface area contributed by atoms with Gasteiger partial charge in [-0.25, -0.2) is 4.98 Å². The highest BCUT2D eigenvalue weighted by Gasteiger charge is 2.22. The number of piperazine rings is 1. The Morgan fingerprint density at radius 3 is 2.55 bits per heavy atom. The molecule has 2 aliphatic rings. The lowest BCUT2D eigenvalue weighted by Crippen LogP contribution is -2.45. The zero-order valence-corrected chi connectivity index (χ0v) is 19.1. The van der Waals surface area contributed by atoms with Crippen molar-refractivity contribution in [1.82, 2.24) is 25.0 Å². The van der Waals surface area contributed by atoms with Crippen LogP contribution in [0.5, 0.6) is 0 Å². The summed E-state index contributed by atoms with van der Waals surface area (Å²) in [6.45, 7) is 5.75. The van der Waals surface area contributed by atoms with Gasteiger partial charge < -0.3 is 4.42 Å². The molecule has 3 aromatic heterocycles. The molecule has 6 nitrogen and oxygen atoms in total. The molecular formula is C23H25N5OS2. The summed E-state index contributed by atoms with van der Waals surface area (Å²) in [5, 5.41) is 9.87. The molecule has 0 radical (unpaired) electrons. The maximum absolute atomic E-state index is 6.03. The average Bonchev–Trinajstić information content (AvgIpc) is 3.52. The lowest BCUT2D eigenvalue weighted by atomic mass is 9.99. The van der Waals surface area contributed by atoms with Crippen LogP contribution < -0.4 is 0 Å². The maximum Gasteiger partial charge on any atom is 0.257 e. The third kappa shape index (κ3) is 4.17. The number of benzene rings is 1. The fraction of sp³-hybridized carbons (Fsp3) is 0.435. The summed E-state index contributed by atoms with van der Waals surface area (Å²) in [5.41, 5.74) is 2.59. The van der Waals surface area contributed by atoms with Crippen LogP contribution in [-0.2, 0) is 25.9 Å². The Bertz CT molecular complexity index is 1130. The molecule has 1 aromatic carbocycles. The predicted molar refractivity (Wildman–Crippen MR) is 124 cm³/mol. The largest absolute Gasteiger partial charge is 0.419 e. The summed E-state index contributed by atoms with van der Waals surface area (Å²) in [5.74, 6) is 1.41. The highest BCUT2D eigenvalue weighted by Crippen LogP contribution is 2.35. The van der Waals surface area contributed by atoms with Gasteiger partial charge in [-0.2, -0.15) is 0 Å². The Hall–Kier alpha value is -2.13. The molecule has 160 valence electrons. The van der Waals surface area contributed by atoms with Crippen LogP contribution in [0.3, 0.4) is 0 Å². The van der Waals surface area contributed by atoms with Crippen LogP contribution in [0, 0.1) is 0 Å². The second kappa shape index (κ2) is 8.43. The van der Waals surface area contributed by atoms with Crippen LogP contribution in [0.4, 0.5) is 0 Å². The van der Waals surface area contributed by atoms with Gasteiger partial charge in [0.15, 0.2) is 0 Å². The molecule has 0 amide bonds. The van der Waals surface area contributed by atoms with E-state index in [1.165, 1.54) is 45.8 Å². The number of thiophene rings is 1. The normalized spacial score (nSPS) is 17.9. The predicted octanol–water partition coefficient (Wildman–Crippen LogP) is 4.60. The van der Waals surface area contributed by atoms with Crippen LogP contribution in [0.25, 0.3) is 21.0 Å². The summed E-state index contributed by atoms with van der Waals surface area (Å²) >= 11 is 3.63. The Kier molecular flexibility index (Phi) is 5.31. The molecule has 0 bridgehead atoms. The molecule has 6 rings (SSSR count). The average molecular weight is 452 g/mol. The van der Waals surface area contributed by atoms with Crippen molar-refractivity contribution in [2.24, 2.45) is 0 Å². The van der Waals surface area contributed by atoms with Crippen molar-refractivity contribution in [3.63, 3.8) is 0 Å². The zero-order chi connectivity index (χ0) is 20.6. The van der Waals surface area contributed by atoms with Crippen molar-refractivity contribution in [2.45, 2.75) is 38.8 Å². The quantitative estimate of drug-likeness (QED) is 0.442. The fourth-order valence-corrected chi connectivity index (χ4v) is 6.67. The summed E-state index contributed by atoms with van der Waals surface area (Å²) in [4.78, 5) is 12.3. The smallest absolute Gasteiger partial charge is 0.257 e. The Morgan fingerprint density at radius 2 is 1.71 bits per heavy atom. The Labute approximate surface area is 189 Å². The van der Waals surface area contributed by atoms with E-state index in [1.54, 1.807) is 11.3 Å². The lowest BCUT2D eigenvalue weighted by Gasteiger charge is -2.33. The number of aromatic nitrogens is 3. The Morgan fingerprint density at radius 1 is 0.903 bits per heavy atom. The van der Waals surface area contributed by atoms with Crippen LogP contribution in [-0.4, -0.2) is 51.2 Å². The van der Waals surface area contributed by atoms with E-state index in [0.29, 0.717) is 5.89 Å². The minimum absolute atomic E-state index is 0.684. The van der Waals surface area contributed by atoms with Gasteiger partial charge in [0, 0.05) is 31.1 Å². The van der Waals surface area contributed by atoms with Crippen molar-refractivity contribution in [1.29, 1.82) is 0 Å². The molecule has 1 aliphatic heterocycles. The molecule has 1 saturated heterocycles. The lowest BCUT2D eigenvalue weighted by molar-refractivity contribution is 0.114. The summed E-state index contributed by atoms with van der Waals surface area (Å²) in [6, 6.07) is 10.6. The topological polar surface area (TPSA) is 58.3 Å². The first-order chi connectivity index (χ1) is 15.3. The first-order valence-corrected chi connectivity index (χ1v) is 12.7. The number of rotatable bonds is 5. The van der Waals surface area contributed by atoms with Gasteiger partial charge in [0.1, 0.15) is 5.01 Å². The van der Waals surface area contributed by atoms with E-state index >= 15 is 0 Å². The van der Waals surface area contributed by atoms with Crippen molar-refractivity contribution in [3.8, 4) is 10.8 Å². The molecule has 4 heterocycles. The van der Waals surface area contributed by atoms with E-state index in [9.17, 15) is 0 Å². The molecule has 0 spiro atoms.